The normalized spacial score (nSPS) is 15.4. The number of carbonyl (C=O) groups excluding carboxylic acids is 1. The van der Waals surface area contributed by atoms with E-state index >= 15 is 0 Å². The molecule has 0 amide bonds. The molecule has 32 heavy (non-hydrogen) atoms. The average Bonchev–Trinajstić information content (AvgIpc) is 3.55. The lowest BCUT2D eigenvalue weighted by Gasteiger charge is -2.22. The predicted octanol–water partition coefficient (Wildman–Crippen LogP) is 6.01. The zero-order valence-corrected chi connectivity index (χ0v) is 20.3. The number of fused-ring (bicyclic) bond motifs is 1. The summed E-state index contributed by atoms with van der Waals surface area (Å²) in [6.07, 6.45) is 14.1. The predicted molar refractivity (Wildman–Crippen MR) is 127 cm³/mol. The van der Waals surface area contributed by atoms with Gasteiger partial charge in [-0.05, 0) is 52.0 Å². The van der Waals surface area contributed by atoms with Gasteiger partial charge in [-0.25, -0.2) is 0 Å². The van der Waals surface area contributed by atoms with Crippen LogP contribution in [0.4, 0.5) is 0 Å². The Morgan fingerprint density at radius 3 is 2.59 bits per heavy atom. The van der Waals surface area contributed by atoms with Crippen molar-refractivity contribution in [2.75, 3.05) is 0 Å². The van der Waals surface area contributed by atoms with E-state index in [0.717, 1.165) is 28.9 Å². The number of hydrogen-bond donors (Lipinski definition) is 0. The molecule has 3 heterocycles. The number of hydrogen-bond acceptors (Lipinski definition) is 5. The van der Waals surface area contributed by atoms with Crippen LogP contribution in [0.3, 0.4) is 0 Å². The van der Waals surface area contributed by atoms with Crippen molar-refractivity contribution >= 4 is 17.0 Å². The summed E-state index contributed by atoms with van der Waals surface area (Å²) in [6.45, 7) is 11.9. The molecular weight excluding hydrogens is 402 g/mol. The summed E-state index contributed by atoms with van der Waals surface area (Å²) in [4.78, 5) is 12.1. The molecule has 1 aliphatic rings. The summed E-state index contributed by atoms with van der Waals surface area (Å²) < 4.78 is 9.40. The highest BCUT2D eigenvalue weighted by Gasteiger charge is 2.26. The van der Waals surface area contributed by atoms with Crippen molar-refractivity contribution < 1.29 is 9.53 Å². The Balaban J connectivity index is 0.00000141. The van der Waals surface area contributed by atoms with Gasteiger partial charge in [0.25, 0.3) is 0 Å². The molecule has 174 valence electrons. The van der Waals surface area contributed by atoms with Crippen LogP contribution >= 0.6 is 0 Å². The number of carbonyl (C=O) groups is 1. The van der Waals surface area contributed by atoms with Gasteiger partial charge in [-0.3, -0.25) is 14.0 Å². The first-order chi connectivity index (χ1) is 15.4. The van der Waals surface area contributed by atoms with Crippen LogP contribution in [0.25, 0.3) is 22.2 Å². The van der Waals surface area contributed by atoms with Crippen LogP contribution in [0.2, 0.25) is 0 Å². The third-order valence-electron chi connectivity index (χ3n) is 6.13. The molecule has 3 aromatic heterocycles. The molecule has 0 saturated heterocycles. The molecule has 0 radical (unpaired) electrons. The van der Waals surface area contributed by atoms with Gasteiger partial charge in [-0.15, -0.1) is 5.10 Å². The highest BCUT2D eigenvalue weighted by molar-refractivity contribution is 5.92. The van der Waals surface area contributed by atoms with Gasteiger partial charge in [0.15, 0.2) is 12.4 Å². The lowest BCUT2D eigenvalue weighted by atomic mass is 9.96. The zero-order valence-electron chi connectivity index (χ0n) is 20.3. The molecule has 0 aromatic carbocycles. The fourth-order valence-electron chi connectivity index (χ4n) is 4.41. The van der Waals surface area contributed by atoms with Crippen LogP contribution in [-0.4, -0.2) is 30.5 Å². The van der Waals surface area contributed by atoms with E-state index in [1.54, 1.807) is 6.20 Å². The Kier molecular flexibility index (Phi) is 7.69. The Morgan fingerprint density at radius 1 is 1.22 bits per heavy atom. The molecule has 4 rings (SSSR count). The molecule has 0 aliphatic heterocycles. The molecule has 1 atom stereocenters. The van der Waals surface area contributed by atoms with E-state index in [2.05, 4.69) is 28.0 Å². The average molecular weight is 440 g/mol. The second-order valence-corrected chi connectivity index (χ2v) is 9.32. The third-order valence-corrected chi connectivity index (χ3v) is 6.13. The minimum Gasteiger partial charge on any atom is -0.443 e. The van der Waals surface area contributed by atoms with E-state index < -0.39 is 5.41 Å². The van der Waals surface area contributed by atoms with Crippen molar-refractivity contribution in [1.29, 1.82) is 0 Å². The third kappa shape index (κ3) is 5.03. The maximum absolute atomic E-state index is 12.1. The molecule has 1 fully saturated rings. The van der Waals surface area contributed by atoms with Crippen molar-refractivity contribution in [1.82, 2.24) is 24.5 Å². The molecule has 1 unspecified atom stereocenters. The first kappa shape index (κ1) is 24.0. The van der Waals surface area contributed by atoms with Gasteiger partial charge in [0.1, 0.15) is 0 Å². The maximum Gasteiger partial charge on any atom is 0.312 e. The van der Waals surface area contributed by atoms with Gasteiger partial charge in [0, 0.05) is 28.9 Å². The lowest BCUT2D eigenvalue weighted by Crippen LogP contribution is -2.23. The summed E-state index contributed by atoms with van der Waals surface area (Å²) in [5.74, 6) is 0.476. The van der Waals surface area contributed by atoms with Crippen molar-refractivity contribution in [2.45, 2.75) is 86.4 Å². The van der Waals surface area contributed by atoms with E-state index in [1.807, 2.05) is 57.6 Å². The number of aromatic nitrogens is 5. The summed E-state index contributed by atoms with van der Waals surface area (Å²) in [5, 5.41) is 14.2. The monoisotopic (exact) mass is 439 g/mol. The molecule has 0 spiro atoms. The summed E-state index contributed by atoms with van der Waals surface area (Å²) in [7, 11) is 0. The quantitative estimate of drug-likeness (QED) is 0.440. The smallest absolute Gasteiger partial charge is 0.312 e. The fraction of sp³-hybridized carbons (Fsp3) is 0.600. The molecule has 7 nitrogen and oxygen atoms in total. The lowest BCUT2D eigenvalue weighted by molar-refractivity contribution is -0.156. The molecule has 0 bridgehead atoms. The first-order valence-electron chi connectivity index (χ1n) is 11.9. The van der Waals surface area contributed by atoms with Crippen LogP contribution in [-0.2, 0) is 16.3 Å². The second-order valence-electron chi connectivity index (χ2n) is 9.32. The van der Waals surface area contributed by atoms with Gasteiger partial charge in [0.05, 0.1) is 23.9 Å². The van der Waals surface area contributed by atoms with E-state index in [4.69, 9.17) is 9.84 Å². The molecule has 1 saturated carbocycles. The van der Waals surface area contributed by atoms with Gasteiger partial charge < -0.3 is 4.74 Å². The van der Waals surface area contributed by atoms with Crippen LogP contribution < -0.4 is 0 Å². The Labute approximate surface area is 191 Å². The topological polar surface area (TPSA) is 74.8 Å². The first-order valence-corrected chi connectivity index (χ1v) is 11.9. The van der Waals surface area contributed by atoms with Crippen LogP contribution in [0.1, 0.15) is 79.7 Å². The fourth-order valence-corrected chi connectivity index (χ4v) is 4.41. The maximum atomic E-state index is 12.1. The Morgan fingerprint density at radius 2 is 1.94 bits per heavy atom. The minimum atomic E-state index is -0.538. The number of nitrogens with zero attached hydrogens (tertiary/aromatic N) is 5. The van der Waals surface area contributed by atoms with E-state index in [9.17, 15) is 4.79 Å². The molecule has 1 aliphatic carbocycles. The van der Waals surface area contributed by atoms with Gasteiger partial charge in [0.2, 0.25) is 0 Å². The summed E-state index contributed by atoms with van der Waals surface area (Å²) in [6, 6.07) is 2.45. The molecule has 7 heteroatoms. The van der Waals surface area contributed by atoms with E-state index in [1.165, 1.54) is 25.7 Å². The van der Waals surface area contributed by atoms with Crippen LogP contribution in [0, 0.1) is 11.3 Å². The standard InChI is InChI=1S/C23H31N5O2.C2H6/c1-5-20(16-8-6-7-9-16)28-14-17(12-25-28)19-13-24-26-21-18(19)10-11-27(21)15-30-22(29)23(2,3)4;1-2/h10-14,16,20H,5-9,15H2,1-4H3;1-2H3. The minimum absolute atomic E-state index is 0.122. The number of esters is 1. The molecule has 3 aromatic rings. The molecule has 0 N–H and O–H groups in total. The highest BCUT2D eigenvalue weighted by atomic mass is 16.5. The van der Waals surface area contributed by atoms with Crippen molar-refractivity contribution in [2.24, 2.45) is 11.3 Å². The summed E-state index contributed by atoms with van der Waals surface area (Å²) >= 11 is 0. The van der Waals surface area contributed by atoms with Crippen LogP contribution in [0.15, 0.2) is 30.9 Å². The largest absolute Gasteiger partial charge is 0.443 e. The second kappa shape index (κ2) is 10.3. The Bertz CT molecular complexity index is 1020. The zero-order chi connectivity index (χ0) is 23.3. The van der Waals surface area contributed by atoms with Gasteiger partial charge >= 0.3 is 5.97 Å². The van der Waals surface area contributed by atoms with E-state index in [0.29, 0.717) is 11.7 Å². The summed E-state index contributed by atoms with van der Waals surface area (Å²) in [5.41, 5.74) is 2.19. The number of rotatable bonds is 6. The Hall–Kier alpha value is -2.70. The van der Waals surface area contributed by atoms with Crippen molar-refractivity contribution in [3.63, 3.8) is 0 Å². The van der Waals surface area contributed by atoms with Crippen molar-refractivity contribution in [3.05, 3.63) is 30.9 Å². The van der Waals surface area contributed by atoms with Crippen molar-refractivity contribution in [3.8, 4) is 11.1 Å². The number of ether oxygens (including phenoxy) is 1. The van der Waals surface area contributed by atoms with Gasteiger partial charge in [-0.2, -0.15) is 10.2 Å². The SMILES string of the molecule is CC.CCC(C1CCCC1)n1cc(-c2cnnc3c2ccn3COC(=O)C(C)(C)C)cn1. The van der Waals surface area contributed by atoms with E-state index in [-0.39, 0.29) is 12.7 Å². The van der Waals surface area contributed by atoms with Crippen LogP contribution in [0.5, 0.6) is 0 Å². The van der Waals surface area contributed by atoms with Gasteiger partial charge in [-0.1, -0.05) is 33.6 Å². The highest BCUT2D eigenvalue weighted by Crippen LogP contribution is 2.37. The molecular formula is C25H37N5O2.